The van der Waals surface area contributed by atoms with E-state index >= 15 is 0 Å². The predicted octanol–water partition coefficient (Wildman–Crippen LogP) is 5.98. The van der Waals surface area contributed by atoms with Crippen LogP contribution in [0.1, 0.15) is 95.4 Å². The zero-order valence-electron chi connectivity index (χ0n) is 16.5. The van der Waals surface area contributed by atoms with Crippen molar-refractivity contribution in [3.05, 3.63) is 0 Å². The van der Waals surface area contributed by atoms with Gasteiger partial charge >= 0.3 is 0 Å². The van der Waals surface area contributed by atoms with E-state index in [1.807, 2.05) is 0 Å². The summed E-state index contributed by atoms with van der Waals surface area (Å²) in [7, 11) is 0. The maximum Gasteiger partial charge on any atom is 0.0636 e. The summed E-state index contributed by atoms with van der Waals surface area (Å²) in [5.41, 5.74) is -0.312. The summed E-state index contributed by atoms with van der Waals surface area (Å²) in [6, 6.07) is 0. The molecule has 0 saturated carbocycles. The minimum atomic E-state index is -0.0855. The third-order valence-corrected chi connectivity index (χ3v) is 3.24. The van der Waals surface area contributed by atoms with Gasteiger partial charge in [0.15, 0.2) is 0 Å². The Kier molecular flexibility index (Phi) is 6.97. The van der Waals surface area contributed by atoms with Crippen LogP contribution in [0.4, 0.5) is 0 Å². The maximum atomic E-state index is 6.18. The summed E-state index contributed by atoms with van der Waals surface area (Å²) in [5, 5.41) is 0. The summed E-state index contributed by atoms with van der Waals surface area (Å²) >= 11 is 0. The Morgan fingerprint density at radius 2 is 1.05 bits per heavy atom. The van der Waals surface area contributed by atoms with Crippen LogP contribution in [0.25, 0.3) is 0 Å². The lowest BCUT2D eigenvalue weighted by molar-refractivity contribution is -0.129. The molecule has 0 spiro atoms. The second-order valence-electron chi connectivity index (χ2n) is 9.80. The Morgan fingerprint density at radius 3 is 1.43 bits per heavy atom. The second-order valence-corrected chi connectivity index (χ2v) is 9.80. The Morgan fingerprint density at radius 1 is 0.667 bits per heavy atom. The van der Waals surface area contributed by atoms with Gasteiger partial charge in [0.05, 0.1) is 22.4 Å². The van der Waals surface area contributed by atoms with Crippen LogP contribution >= 0.6 is 0 Å². The SMILES string of the molecule is CC(CCC(C)(C)OC(C)(C)C)CC(C)(C)OC(C)(C)C. The highest BCUT2D eigenvalue weighted by Gasteiger charge is 2.30. The van der Waals surface area contributed by atoms with E-state index < -0.39 is 0 Å². The van der Waals surface area contributed by atoms with Crippen molar-refractivity contribution in [2.24, 2.45) is 5.92 Å². The number of hydrogen-bond acceptors (Lipinski definition) is 2. The van der Waals surface area contributed by atoms with E-state index in [2.05, 4.69) is 76.2 Å². The van der Waals surface area contributed by atoms with E-state index in [-0.39, 0.29) is 22.4 Å². The summed E-state index contributed by atoms with van der Waals surface area (Å²) < 4.78 is 12.3. The molecule has 0 rings (SSSR count). The van der Waals surface area contributed by atoms with Crippen molar-refractivity contribution in [3.63, 3.8) is 0 Å². The van der Waals surface area contributed by atoms with Crippen molar-refractivity contribution in [2.45, 2.75) is 118 Å². The number of ether oxygens (including phenoxy) is 2. The van der Waals surface area contributed by atoms with E-state index in [1.54, 1.807) is 0 Å². The summed E-state index contributed by atoms with van der Waals surface area (Å²) in [4.78, 5) is 0. The lowest BCUT2D eigenvalue weighted by atomic mass is 9.87. The molecule has 0 aliphatic rings. The Labute approximate surface area is 134 Å². The third kappa shape index (κ3) is 12.2. The molecular weight excluding hydrogens is 260 g/mol. The quantitative estimate of drug-likeness (QED) is 0.575. The van der Waals surface area contributed by atoms with Gasteiger partial charge in [0, 0.05) is 0 Å². The van der Waals surface area contributed by atoms with Gasteiger partial charge in [-0.25, -0.2) is 0 Å². The molecule has 0 heterocycles. The van der Waals surface area contributed by atoms with Crippen molar-refractivity contribution in [1.29, 1.82) is 0 Å². The first-order chi connectivity index (χ1) is 9.02. The number of rotatable bonds is 7. The molecule has 0 aromatic heterocycles. The Balaban J connectivity index is 4.35. The fourth-order valence-corrected chi connectivity index (χ4v) is 3.29. The van der Waals surface area contributed by atoms with Crippen LogP contribution in [0.5, 0.6) is 0 Å². The van der Waals surface area contributed by atoms with E-state index in [1.165, 1.54) is 6.42 Å². The van der Waals surface area contributed by atoms with Crippen LogP contribution in [0.2, 0.25) is 0 Å². The van der Waals surface area contributed by atoms with Crippen molar-refractivity contribution in [3.8, 4) is 0 Å². The largest absolute Gasteiger partial charge is 0.370 e. The van der Waals surface area contributed by atoms with E-state index in [4.69, 9.17) is 9.47 Å². The molecule has 2 heteroatoms. The third-order valence-electron chi connectivity index (χ3n) is 3.24. The fraction of sp³-hybridized carbons (Fsp3) is 1.00. The molecule has 0 N–H and O–H groups in total. The molecule has 0 fully saturated rings. The average molecular weight is 301 g/mol. The minimum absolute atomic E-state index is 0.0679. The van der Waals surface area contributed by atoms with Crippen molar-refractivity contribution in [1.82, 2.24) is 0 Å². The van der Waals surface area contributed by atoms with Crippen LogP contribution in [0, 0.1) is 5.92 Å². The van der Waals surface area contributed by atoms with Crippen molar-refractivity contribution >= 4 is 0 Å². The molecular formula is C19H40O2. The molecule has 0 saturated heterocycles. The predicted molar refractivity (Wildman–Crippen MR) is 92.8 cm³/mol. The van der Waals surface area contributed by atoms with Crippen molar-refractivity contribution < 1.29 is 9.47 Å². The number of hydrogen-bond donors (Lipinski definition) is 0. The molecule has 2 nitrogen and oxygen atoms in total. The zero-order chi connectivity index (χ0) is 17.1. The highest BCUT2D eigenvalue weighted by Crippen LogP contribution is 2.31. The molecule has 128 valence electrons. The van der Waals surface area contributed by atoms with Gasteiger partial charge in [-0.3, -0.25) is 0 Å². The summed E-state index contributed by atoms with van der Waals surface area (Å²) in [6.07, 6.45) is 3.33. The van der Waals surface area contributed by atoms with Crippen LogP contribution in [-0.2, 0) is 9.47 Å². The molecule has 0 aromatic rings. The lowest BCUT2D eigenvalue weighted by Gasteiger charge is -2.37. The molecule has 1 atom stereocenters. The summed E-state index contributed by atoms with van der Waals surface area (Å²) in [5.74, 6) is 0.630. The van der Waals surface area contributed by atoms with Gasteiger partial charge in [-0.1, -0.05) is 6.92 Å². The Hall–Kier alpha value is -0.0800. The van der Waals surface area contributed by atoms with Gasteiger partial charge in [-0.15, -0.1) is 0 Å². The fourth-order valence-electron chi connectivity index (χ4n) is 3.29. The highest BCUT2D eigenvalue weighted by molar-refractivity contribution is 4.79. The van der Waals surface area contributed by atoms with Crippen molar-refractivity contribution in [2.75, 3.05) is 0 Å². The van der Waals surface area contributed by atoms with E-state index in [0.717, 1.165) is 12.8 Å². The van der Waals surface area contributed by atoms with Crippen LogP contribution in [0.15, 0.2) is 0 Å². The first-order valence-electron chi connectivity index (χ1n) is 8.42. The van der Waals surface area contributed by atoms with Gasteiger partial charge in [0.25, 0.3) is 0 Å². The molecule has 1 unspecified atom stereocenters. The van der Waals surface area contributed by atoms with Gasteiger partial charge in [-0.05, 0) is 94.4 Å². The molecule has 0 amide bonds. The smallest absolute Gasteiger partial charge is 0.0636 e. The van der Waals surface area contributed by atoms with E-state index in [9.17, 15) is 0 Å². The molecule has 0 aliphatic heterocycles. The van der Waals surface area contributed by atoms with Gasteiger partial charge in [-0.2, -0.15) is 0 Å². The standard InChI is InChI=1S/C19H40O2/c1-15(14-19(10,11)21-17(5,6)7)12-13-18(8,9)20-16(2,3)4/h15H,12-14H2,1-11H3. The Bertz CT molecular complexity index is 303. The van der Waals surface area contributed by atoms with Gasteiger partial charge in [0.2, 0.25) is 0 Å². The summed E-state index contributed by atoms with van der Waals surface area (Å²) in [6.45, 7) is 23.9. The zero-order valence-corrected chi connectivity index (χ0v) is 16.5. The molecule has 0 bridgehead atoms. The molecule has 0 aliphatic carbocycles. The monoisotopic (exact) mass is 300 g/mol. The highest BCUT2D eigenvalue weighted by atomic mass is 16.5. The lowest BCUT2D eigenvalue weighted by Crippen LogP contribution is -2.37. The second kappa shape index (κ2) is 7.00. The molecule has 0 radical (unpaired) electrons. The first kappa shape index (κ1) is 20.9. The molecule has 0 aromatic carbocycles. The topological polar surface area (TPSA) is 18.5 Å². The average Bonchev–Trinajstić information content (AvgIpc) is 2.05. The van der Waals surface area contributed by atoms with Gasteiger partial charge < -0.3 is 9.47 Å². The first-order valence-corrected chi connectivity index (χ1v) is 8.42. The molecule has 21 heavy (non-hydrogen) atoms. The normalized spacial score (nSPS) is 16.1. The maximum absolute atomic E-state index is 6.18. The van der Waals surface area contributed by atoms with Crippen LogP contribution in [0.3, 0.4) is 0 Å². The minimum Gasteiger partial charge on any atom is -0.370 e. The van der Waals surface area contributed by atoms with Crippen LogP contribution in [-0.4, -0.2) is 22.4 Å². The van der Waals surface area contributed by atoms with Gasteiger partial charge in [0.1, 0.15) is 0 Å². The van der Waals surface area contributed by atoms with Crippen LogP contribution < -0.4 is 0 Å². The van der Waals surface area contributed by atoms with E-state index in [0.29, 0.717) is 5.92 Å².